The molecule has 4 aromatic rings. The number of H-pyrrole nitrogens is 1. The van der Waals surface area contributed by atoms with Crippen LogP contribution >= 0.6 is 23.8 Å². The molecule has 0 spiro atoms. The molecule has 3 aromatic carbocycles. The molecular formula is C22H18ClN5S. The number of nitrogens with one attached hydrogen (secondary N) is 4. The van der Waals surface area contributed by atoms with E-state index in [0.29, 0.717) is 21.6 Å². The lowest BCUT2D eigenvalue weighted by atomic mass is 10.2. The first-order chi connectivity index (χ1) is 14.2. The van der Waals surface area contributed by atoms with E-state index >= 15 is 0 Å². The highest BCUT2D eigenvalue weighted by Gasteiger charge is 2.18. The van der Waals surface area contributed by atoms with Gasteiger partial charge in [-0.15, -0.1) is 0 Å². The van der Waals surface area contributed by atoms with Crippen LogP contribution < -0.4 is 16.0 Å². The average Bonchev–Trinajstić information content (AvgIpc) is 3.13. The van der Waals surface area contributed by atoms with Crippen molar-refractivity contribution >= 4 is 57.5 Å². The lowest BCUT2D eigenvalue weighted by Gasteiger charge is -2.12. The van der Waals surface area contributed by atoms with Crippen molar-refractivity contribution in [3.05, 3.63) is 95.5 Å². The van der Waals surface area contributed by atoms with Gasteiger partial charge in [0.05, 0.1) is 5.56 Å². The molecule has 0 radical (unpaired) electrons. The van der Waals surface area contributed by atoms with Crippen LogP contribution in [0, 0.1) is 0 Å². The van der Waals surface area contributed by atoms with E-state index in [4.69, 9.17) is 23.8 Å². The van der Waals surface area contributed by atoms with Crippen molar-refractivity contribution in [3.8, 4) is 0 Å². The van der Waals surface area contributed by atoms with Gasteiger partial charge in [-0.2, -0.15) is 5.10 Å². The zero-order chi connectivity index (χ0) is 20.1. The number of hydrogen-bond acceptors (Lipinski definition) is 4. The van der Waals surface area contributed by atoms with E-state index in [1.807, 2.05) is 84.9 Å². The van der Waals surface area contributed by atoms with Gasteiger partial charge in [-0.1, -0.05) is 60.2 Å². The van der Waals surface area contributed by atoms with Crippen LogP contribution in [0.25, 0.3) is 0 Å². The van der Waals surface area contributed by atoms with Gasteiger partial charge in [-0.25, -0.2) is 0 Å². The molecule has 1 heterocycles. The summed E-state index contributed by atoms with van der Waals surface area (Å²) < 4.78 is 0. The zero-order valence-corrected chi connectivity index (χ0v) is 16.9. The minimum absolute atomic E-state index is 0.526. The van der Waals surface area contributed by atoms with E-state index in [0.717, 1.165) is 22.6 Å². The molecular weight excluding hydrogens is 402 g/mol. The summed E-state index contributed by atoms with van der Waals surface area (Å²) in [4.78, 5) is 0.526. The molecule has 144 valence electrons. The van der Waals surface area contributed by atoms with E-state index in [2.05, 4.69) is 26.1 Å². The molecule has 0 aliphatic rings. The summed E-state index contributed by atoms with van der Waals surface area (Å²) in [7, 11) is 0. The van der Waals surface area contributed by atoms with E-state index < -0.39 is 0 Å². The van der Waals surface area contributed by atoms with E-state index in [1.54, 1.807) is 0 Å². The van der Waals surface area contributed by atoms with Gasteiger partial charge in [-0.3, -0.25) is 5.10 Å². The molecule has 0 unspecified atom stereocenters. The van der Waals surface area contributed by atoms with Crippen LogP contribution in [-0.4, -0.2) is 15.2 Å². The fraction of sp³-hybridized carbons (Fsp3) is 0. The third-order valence-electron chi connectivity index (χ3n) is 4.18. The Morgan fingerprint density at radius 3 is 1.97 bits per heavy atom. The second kappa shape index (κ2) is 8.77. The number of hydrogen-bond donors (Lipinski definition) is 4. The second-order valence-corrected chi connectivity index (χ2v) is 7.11. The molecule has 0 bridgehead atoms. The monoisotopic (exact) mass is 419 g/mol. The minimum Gasteiger partial charge on any atom is -0.346 e. The van der Waals surface area contributed by atoms with Gasteiger partial charge in [0.25, 0.3) is 0 Å². The van der Waals surface area contributed by atoms with E-state index in [9.17, 15) is 0 Å². The molecule has 29 heavy (non-hydrogen) atoms. The molecule has 7 heteroatoms. The van der Waals surface area contributed by atoms with Crippen molar-refractivity contribution < 1.29 is 0 Å². The van der Waals surface area contributed by atoms with Crippen LogP contribution in [0.5, 0.6) is 0 Å². The molecule has 1 aromatic heterocycles. The van der Waals surface area contributed by atoms with E-state index in [-0.39, 0.29) is 0 Å². The molecule has 0 aliphatic heterocycles. The largest absolute Gasteiger partial charge is 0.346 e. The van der Waals surface area contributed by atoms with Gasteiger partial charge >= 0.3 is 0 Å². The van der Waals surface area contributed by atoms with Gasteiger partial charge in [0.2, 0.25) is 0 Å². The Labute approximate surface area is 179 Å². The summed E-state index contributed by atoms with van der Waals surface area (Å²) >= 11 is 11.7. The molecule has 0 saturated carbocycles. The van der Waals surface area contributed by atoms with Crippen molar-refractivity contribution in [2.75, 3.05) is 16.0 Å². The number of halogens is 1. The summed E-state index contributed by atoms with van der Waals surface area (Å²) in [6.07, 6.45) is 0. The maximum Gasteiger partial charge on any atom is 0.164 e. The molecule has 0 fully saturated rings. The zero-order valence-electron chi connectivity index (χ0n) is 15.3. The van der Waals surface area contributed by atoms with Gasteiger partial charge in [0.1, 0.15) is 10.8 Å². The smallest absolute Gasteiger partial charge is 0.164 e. The number of nitrogens with zero attached hydrogens (tertiary/aromatic N) is 1. The fourth-order valence-corrected chi connectivity index (χ4v) is 3.24. The number of anilines is 5. The summed E-state index contributed by atoms with van der Waals surface area (Å²) in [6, 6.07) is 27.1. The topological polar surface area (TPSA) is 64.8 Å². The van der Waals surface area contributed by atoms with Crippen LogP contribution in [0.2, 0.25) is 5.02 Å². The first-order valence-corrected chi connectivity index (χ1v) is 9.77. The van der Waals surface area contributed by atoms with Crippen LogP contribution in [0.3, 0.4) is 0 Å². The molecule has 5 nitrogen and oxygen atoms in total. The lowest BCUT2D eigenvalue weighted by Crippen LogP contribution is -2.13. The Morgan fingerprint density at radius 1 is 0.759 bits per heavy atom. The number of para-hydroxylation sites is 2. The van der Waals surface area contributed by atoms with Crippen LogP contribution in [0.15, 0.2) is 84.9 Å². The first kappa shape index (κ1) is 19.0. The number of aromatic amines is 1. The Kier molecular flexibility index (Phi) is 5.74. The maximum absolute atomic E-state index is 5.98. The van der Waals surface area contributed by atoms with Gasteiger partial charge in [0.15, 0.2) is 5.82 Å². The molecule has 0 saturated heterocycles. The quantitative estimate of drug-likeness (QED) is 0.275. The van der Waals surface area contributed by atoms with Crippen LogP contribution in [-0.2, 0) is 0 Å². The van der Waals surface area contributed by atoms with Crippen molar-refractivity contribution in [2.24, 2.45) is 0 Å². The highest BCUT2D eigenvalue weighted by molar-refractivity contribution is 7.81. The minimum atomic E-state index is 0.526. The number of thiocarbonyl (C=S) groups is 1. The molecule has 4 N–H and O–H groups in total. The Bertz CT molecular complexity index is 1040. The third-order valence-corrected chi connectivity index (χ3v) is 4.73. The summed E-state index contributed by atoms with van der Waals surface area (Å²) in [5, 5.41) is 18.1. The summed E-state index contributed by atoms with van der Waals surface area (Å²) in [5.74, 6) is 1.32. The van der Waals surface area contributed by atoms with Gasteiger partial charge in [0, 0.05) is 22.1 Å². The van der Waals surface area contributed by atoms with Crippen molar-refractivity contribution in [2.45, 2.75) is 0 Å². The predicted molar refractivity (Wildman–Crippen MR) is 125 cm³/mol. The van der Waals surface area contributed by atoms with Gasteiger partial charge < -0.3 is 16.0 Å². The van der Waals surface area contributed by atoms with Gasteiger partial charge in [-0.05, 0) is 48.5 Å². The normalized spacial score (nSPS) is 10.4. The van der Waals surface area contributed by atoms with E-state index in [1.165, 1.54) is 0 Å². The average molecular weight is 420 g/mol. The van der Waals surface area contributed by atoms with Crippen LogP contribution in [0.4, 0.5) is 28.7 Å². The standard InChI is InChI=1S/C22H18ClN5S/c23-15-11-13-18(14-12-15)26-22(29)19-20(24-16-7-3-1-4-8-16)27-28-21(19)25-17-9-5-2-6-10-17/h1-14H,(H,26,29)(H3,24,25,27,28). The number of benzene rings is 3. The molecule has 4 rings (SSSR count). The number of aromatic nitrogens is 2. The Hall–Kier alpha value is -3.35. The Balaban J connectivity index is 1.66. The SMILES string of the molecule is S=C(Nc1ccc(Cl)cc1)c1c(Nc2ccccc2)n[nH]c1Nc1ccccc1. The van der Waals surface area contributed by atoms with Crippen molar-refractivity contribution in [1.82, 2.24) is 10.2 Å². The highest BCUT2D eigenvalue weighted by Crippen LogP contribution is 2.28. The highest BCUT2D eigenvalue weighted by atomic mass is 35.5. The summed E-state index contributed by atoms with van der Waals surface area (Å²) in [5.41, 5.74) is 3.43. The molecule has 0 aliphatic carbocycles. The third kappa shape index (κ3) is 4.74. The van der Waals surface area contributed by atoms with Crippen molar-refractivity contribution in [1.29, 1.82) is 0 Å². The number of rotatable bonds is 6. The second-order valence-electron chi connectivity index (χ2n) is 6.27. The first-order valence-electron chi connectivity index (χ1n) is 8.98. The van der Waals surface area contributed by atoms with Crippen LogP contribution in [0.1, 0.15) is 5.56 Å². The molecule has 0 amide bonds. The molecule has 0 atom stereocenters. The summed E-state index contributed by atoms with van der Waals surface area (Å²) in [6.45, 7) is 0. The lowest BCUT2D eigenvalue weighted by molar-refractivity contribution is 1.09. The van der Waals surface area contributed by atoms with Crippen molar-refractivity contribution in [3.63, 3.8) is 0 Å². The predicted octanol–water partition coefficient (Wildman–Crippen LogP) is 6.34. The Morgan fingerprint density at radius 2 is 1.34 bits per heavy atom. The maximum atomic E-state index is 5.98. The fourth-order valence-electron chi connectivity index (χ4n) is 2.79.